The lowest BCUT2D eigenvalue weighted by Gasteiger charge is -2.22. The molecular weight excluding hydrogens is 446 g/mol. The second-order valence-electron chi connectivity index (χ2n) is 10.6. The van der Waals surface area contributed by atoms with E-state index in [0.717, 1.165) is 61.8 Å². The first kappa shape index (κ1) is 25.8. The van der Waals surface area contributed by atoms with Crippen molar-refractivity contribution in [3.05, 3.63) is 88.0 Å². The molecule has 1 unspecified atom stereocenters. The summed E-state index contributed by atoms with van der Waals surface area (Å²) < 4.78 is 2.24. The van der Waals surface area contributed by atoms with Crippen molar-refractivity contribution in [2.45, 2.75) is 60.0 Å². The van der Waals surface area contributed by atoms with Gasteiger partial charge in [0.2, 0.25) is 0 Å². The number of aromatic nitrogens is 3. The largest absolute Gasteiger partial charge is 0.342 e. The second kappa shape index (κ2) is 11.7. The molecule has 2 aromatic carbocycles. The van der Waals surface area contributed by atoms with Crippen molar-refractivity contribution in [2.75, 3.05) is 19.6 Å². The highest BCUT2D eigenvalue weighted by molar-refractivity contribution is 5.94. The molecule has 0 spiro atoms. The van der Waals surface area contributed by atoms with Gasteiger partial charge >= 0.3 is 0 Å². The summed E-state index contributed by atoms with van der Waals surface area (Å²) in [6, 6.07) is 16.3. The van der Waals surface area contributed by atoms with E-state index in [0.29, 0.717) is 11.5 Å². The van der Waals surface area contributed by atoms with Gasteiger partial charge in [0.25, 0.3) is 5.91 Å². The van der Waals surface area contributed by atoms with E-state index in [1.54, 1.807) is 0 Å². The lowest BCUT2D eigenvalue weighted by atomic mass is 10.0. The molecule has 1 amide bonds. The van der Waals surface area contributed by atoms with E-state index in [1.165, 1.54) is 11.1 Å². The number of fused-ring (bicyclic) bond motifs is 1. The van der Waals surface area contributed by atoms with Crippen molar-refractivity contribution in [2.24, 2.45) is 5.92 Å². The number of hydrogen-bond acceptors (Lipinski definition) is 4. The zero-order valence-electron chi connectivity index (χ0n) is 22.3. The summed E-state index contributed by atoms with van der Waals surface area (Å²) in [6.45, 7) is 14.2. The van der Waals surface area contributed by atoms with Crippen molar-refractivity contribution < 1.29 is 4.79 Å². The van der Waals surface area contributed by atoms with Crippen molar-refractivity contribution in [3.63, 3.8) is 0 Å². The van der Waals surface area contributed by atoms with E-state index in [4.69, 9.17) is 0 Å². The topological polar surface area (TPSA) is 63.1 Å². The Morgan fingerprint density at radius 2 is 1.75 bits per heavy atom. The number of aryl methyl sites for hydroxylation is 2. The third-order valence-corrected chi connectivity index (χ3v) is 6.64. The number of rotatable bonds is 8. The van der Waals surface area contributed by atoms with Crippen LogP contribution in [0.5, 0.6) is 0 Å². The molecule has 1 atom stereocenters. The van der Waals surface area contributed by atoms with Crippen LogP contribution < -0.4 is 5.32 Å². The molecule has 1 N–H and O–H groups in total. The minimum atomic E-state index is -0.175. The number of amides is 1. The van der Waals surface area contributed by atoms with E-state index in [2.05, 4.69) is 82.2 Å². The van der Waals surface area contributed by atoms with Crippen molar-refractivity contribution >= 4 is 12.0 Å². The lowest BCUT2D eigenvalue weighted by molar-refractivity contribution is 0.0928. The maximum absolute atomic E-state index is 13.2. The molecule has 0 saturated carbocycles. The van der Waals surface area contributed by atoms with Gasteiger partial charge in [-0.2, -0.15) is 0 Å². The Labute approximate surface area is 215 Å². The maximum Gasteiger partial charge on any atom is 0.251 e. The van der Waals surface area contributed by atoms with Gasteiger partial charge in [-0.3, -0.25) is 9.69 Å². The van der Waals surface area contributed by atoms with Crippen LogP contribution in [-0.2, 0) is 13.0 Å². The molecule has 2 heterocycles. The first-order chi connectivity index (χ1) is 17.3. The molecule has 0 saturated heterocycles. The van der Waals surface area contributed by atoms with Crippen LogP contribution in [0.2, 0.25) is 0 Å². The van der Waals surface area contributed by atoms with Gasteiger partial charge in [-0.15, -0.1) is 10.2 Å². The fourth-order valence-electron chi connectivity index (χ4n) is 5.08. The summed E-state index contributed by atoms with van der Waals surface area (Å²) in [6.07, 6.45) is 3.93. The summed E-state index contributed by atoms with van der Waals surface area (Å²) >= 11 is 0. The summed E-state index contributed by atoms with van der Waals surface area (Å²) in [5.41, 5.74) is 5.46. The van der Waals surface area contributed by atoms with Gasteiger partial charge in [0.15, 0.2) is 5.82 Å². The van der Waals surface area contributed by atoms with Gasteiger partial charge in [-0.25, -0.2) is 0 Å². The molecule has 1 aliphatic heterocycles. The monoisotopic (exact) mass is 485 g/mol. The number of hydrogen-bond donors (Lipinski definition) is 1. The van der Waals surface area contributed by atoms with E-state index in [9.17, 15) is 4.79 Å². The normalized spacial score (nSPS) is 15.4. The highest BCUT2D eigenvalue weighted by Gasteiger charge is 2.26. The molecular formula is C30H39N5O. The van der Waals surface area contributed by atoms with Crippen molar-refractivity contribution in [1.29, 1.82) is 0 Å². The Balaban J connectivity index is 1.48. The Morgan fingerprint density at radius 3 is 2.44 bits per heavy atom. The first-order valence-electron chi connectivity index (χ1n) is 13.0. The molecule has 1 aliphatic rings. The summed E-state index contributed by atoms with van der Waals surface area (Å²) in [5, 5.41) is 12.4. The molecule has 0 fully saturated rings. The quantitative estimate of drug-likeness (QED) is 0.466. The third kappa shape index (κ3) is 6.70. The van der Waals surface area contributed by atoms with E-state index >= 15 is 0 Å². The fourth-order valence-corrected chi connectivity index (χ4v) is 5.08. The number of nitrogens with zero attached hydrogens (tertiary/aromatic N) is 4. The Morgan fingerprint density at radius 1 is 1.03 bits per heavy atom. The number of nitrogens with one attached hydrogen (secondary N) is 1. The predicted octanol–water partition coefficient (Wildman–Crippen LogP) is 5.37. The van der Waals surface area contributed by atoms with Gasteiger partial charge in [0.05, 0.1) is 6.04 Å². The molecule has 1 aromatic heterocycles. The number of carbonyl (C=O) groups excluding carboxylic acids is 1. The van der Waals surface area contributed by atoms with Gasteiger partial charge in [-0.05, 0) is 50.8 Å². The number of carbonyl (C=O) groups is 1. The van der Waals surface area contributed by atoms with E-state index < -0.39 is 0 Å². The van der Waals surface area contributed by atoms with Crippen LogP contribution in [0.25, 0.3) is 6.08 Å². The Kier molecular flexibility index (Phi) is 8.36. The molecule has 36 heavy (non-hydrogen) atoms. The van der Waals surface area contributed by atoms with Crippen LogP contribution in [0.15, 0.2) is 54.1 Å². The van der Waals surface area contributed by atoms with E-state index in [1.807, 2.05) is 32.0 Å². The standard InChI is InChI=1S/C30H39N5O/c1-21(2)15-27(31-30(36)26-18-22(3)16-23(4)19-26)29-33-32-28-11-12-34(13-14-35(28)29)20-24(5)17-25-9-7-6-8-10-25/h6-10,16-19,21,27H,11-15,20H2,1-5H3,(H,31,36). The molecule has 0 bridgehead atoms. The Hall–Kier alpha value is -3.25. The number of benzene rings is 2. The second-order valence-corrected chi connectivity index (χ2v) is 10.6. The minimum absolute atomic E-state index is 0.0540. The fraction of sp³-hybridized carbons (Fsp3) is 0.433. The van der Waals surface area contributed by atoms with Crippen LogP contribution in [0.3, 0.4) is 0 Å². The predicted molar refractivity (Wildman–Crippen MR) is 146 cm³/mol. The van der Waals surface area contributed by atoms with Gasteiger partial charge in [-0.1, -0.05) is 73.0 Å². The van der Waals surface area contributed by atoms with Gasteiger partial charge < -0.3 is 9.88 Å². The summed E-state index contributed by atoms with van der Waals surface area (Å²) in [7, 11) is 0. The minimum Gasteiger partial charge on any atom is -0.342 e. The van der Waals surface area contributed by atoms with Crippen LogP contribution in [0.4, 0.5) is 0 Å². The molecule has 0 radical (unpaired) electrons. The molecule has 6 heteroatoms. The van der Waals surface area contributed by atoms with Crippen molar-refractivity contribution in [1.82, 2.24) is 25.0 Å². The molecule has 4 rings (SSSR count). The average Bonchev–Trinajstić information content (AvgIpc) is 3.12. The van der Waals surface area contributed by atoms with Gasteiger partial charge in [0, 0.05) is 38.2 Å². The molecule has 3 aromatic rings. The summed E-state index contributed by atoms with van der Waals surface area (Å²) in [5.74, 6) is 2.23. The zero-order valence-corrected chi connectivity index (χ0v) is 22.3. The highest BCUT2D eigenvalue weighted by atomic mass is 16.1. The SMILES string of the molecule is CC(=Cc1ccccc1)CN1CCc2nnc(C(CC(C)C)NC(=O)c3cc(C)cc(C)c3)n2CC1. The highest BCUT2D eigenvalue weighted by Crippen LogP contribution is 2.23. The lowest BCUT2D eigenvalue weighted by Crippen LogP contribution is -2.33. The van der Waals surface area contributed by atoms with Crippen LogP contribution in [0, 0.1) is 19.8 Å². The third-order valence-electron chi connectivity index (χ3n) is 6.64. The summed E-state index contributed by atoms with van der Waals surface area (Å²) in [4.78, 5) is 15.7. The van der Waals surface area contributed by atoms with Crippen LogP contribution >= 0.6 is 0 Å². The van der Waals surface area contributed by atoms with E-state index in [-0.39, 0.29) is 11.9 Å². The van der Waals surface area contributed by atoms with Gasteiger partial charge in [0.1, 0.15) is 5.82 Å². The van der Waals surface area contributed by atoms with Crippen LogP contribution in [-0.4, -0.2) is 45.2 Å². The maximum atomic E-state index is 13.2. The molecule has 6 nitrogen and oxygen atoms in total. The smallest absolute Gasteiger partial charge is 0.251 e. The van der Waals surface area contributed by atoms with Crippen LogP contribution in [0.1, 0.15) is 71.9 Å². The molecule has 0 aliphatic carbocycles. The zero-order chi connectivity index (χ0) is 25.7. The average molecular weight is 486 g/mol. The molecule has 190 valence electrons. The Bertz CT molecular complexity index is 1190. The first-order valence-corrected chi connectivity index (χ1v) is 13.0. The van der Waals surface area contributed by atoms with Crippen molar-refractivity contribution in [3.8, 4) is 0 Å².